The molecule has 0 spiro atoms. The molecule has 0 bridgehead atoms. The highest BCUT2D eigenvalue weighted by Crippen LogP contribution is 2.36. The second kappa shape index (κ2) is 8.68. The van der Waals surface area contributed by atoms with E-state index in [-0.39, 0.29) is 16.4 Å². The van der Waals surface area contributed by atoms with E-state index in [0.717, 1.165) is 23.1 Å². The van der Waals surface area contributed by atoms with Crippen LogP contribution in [-0.4, -0.2) is 65.3 Å². The van der Waals surface area contributed by atoms with Crippen LogP contribution in [-0.2, 0) is 39.1 Å². The van der Waals surface area contributed by atoms with E-state index in [4.69, 9.17) is 9.47 Å². The van der Waals surface area contributed by atoms with Gasteiger partial charge in [-0.2, -0.15) is 0 Å². The largest absolute Gasteiger partial charge is 0.493 e. The molecule has 0 amide bonds. The van der Waals surface area contributed by atoms with Gasteiger partial charge in [0.1, 0.15) is 0 Å². The molecule has 2 heterocycles. The molecule has 0 N–H and O–H groups in total. The number of benzene rings is 2. The van der Waals surface area contributed by atoms with E-state index in [2.05, 4.69) is 0 Å². The highest BCUT2D eigenvalue weighted by molar-refractivity contribution is 7.96. The summed E-state index contributed by atoms with van der Waals surface area (Å²) < 4.78 is 62.9. The molecule has 0 unspecified atom stereocenters. The number of aryl methyl sites for hydroxylation is 1. The average molecular weight is 480 g/mol. The molecular formula is C23H29NO6S2. The van der Waals surface area contributed by atoms with Crippen molar-refractivity contribution < 1.29 is 26.3 Å². The van der Waals surface area contributed by atoms with E-state index in [1.165, 1.54) is 0 Å². The molecular weight excluding hydrogens is 450 g/mol. The number of sulfone groups is 2. The normalized spacial score (nSPS) is 23.0. The van der Waals surface area contributed by atoms with Gasteiger partial charge < -0.3 is 9.47 Å². The van der Waals surface area contributed by atoms with Crippen LogP contribution < -0.4 is 9.47 Å². The van der Waals surface area contributed by atoms with Gasteiger partial charge in [-0.1, -0.05) is 19.1 Å². The molecule has 0 aliphatic carbocycles. The lowest BCUT2D eigenvalue weighted by Gasteiger charge is -2.36. The van der Waals surface area contributed by atoms with E-state index in [9.17, 15) is 16.8 Å². The van der Waals surface area contributed by atoms with Crippen LogP contribution in [0.25, 0.3) is 0 Å². The Bertz CT molecular complexity index is 1210. The first kappa shape index (κ1) is 23.1. The summed E-state index contributed by atoms with van der Waals surface area (Å²) in [5, 5.41) is -0.985. The van der Waals surface area contributed by atoms with Gasteiger partial charge in [-0.3, -0.25) is 4.90 Å². The third kappa shape index (κ3) is 4.25. The number of nitrogens with zero attached hydrogens (tertiary/aromatic N) is 1. The van der Waals surface area contributed by atoms with Crippen LogP contribution in [0, 0.1) is 0 Å². The van der Waals surface area contributed by atoms with E-state index < -0.39 is 31.0 Å². The van der Waals surface area contributed by atoms with Crippen LogP contribution >= 0.6 is 0 Å². The summed E-state index contributed by atoms with van der Waals surface area (Å²) in [7, 11) is -4.11. The van der Waals surface area contributed by atoms with Gasteiger partial charge in [-0.25, -0.2) is 16.8 Å². The second-order valence-corrected chi connectivity index (χ2v) is 12.7. The third-order valence-electron chi connectivity index (χ3n) is 6.55. The Morgan fingerprint density at radius 2 is 1.62 bits per heavy atom. The highest BCUT2D eigenvalue weighted by Gasteiger charge is 2.48. The highest BCUT2D eigenvalue weighted by atomic mass is 32.2. The Labute approximate surface area is 190 Å². The van der Waals surface area contributed by atoms with Gasteiger partial charge >= 0.3 is 0 Å². The number of methoxy groups -OCH3 is 2. The van der Waals surface area contributed by atoms with Gasteiger partial charge in [-0.05, 0) is 53.8 Å². The zero-order chi connectivity index (χ0) is 23.1. The zero-order valence-electron chi connectivity index (χ0n) is 18.6. The predicted octanol–water partition coefficient (Wildman–Crippen LogP) is 2.26. The van der Waals surface area contributed by atoms with Crippen molar-refractivity contribution in [3.63, 3.8) is 0 Å². The molecule has 32 heavy (non-hydrogen) atoms. The minimum atomic E-state index is -3.80. The molecule has 1 fully saturated rings. The topological polar surface area (TPSA) is 90.0 Å². The maximum Gasteiger partial charge on any atom is 0.183 e. The van der Waals surface area contributed by atoms with Crippen molar-refractivity contribution in [1.82, 2.24) is 4.90 Å². The van der Waals surface area contributed by atoms with Crippen LogP contribution in [0.3, 0.4) is 0 Å². The summed E-state index contributed by atoms with van der Waals surface area (Å²) in [6, 6.07) is 10.0. The van der Waals surface area contributed by atoms with E-state index in [0.29, 0.717) is 31.0 Å². The SMILES string of the molecule is CCc1ccc(S(=O)(=O)[C@H]2CS(=O)(=O)C[C@@H]2N2CCc3cc(OC)c(OC)cc3C2)cc1. The first-order valence-electron chi connectivity index (χ1n) is 10.7. The van der Waals surface area contributed by atoms with Crippen LogP contribution in [0.4, 0.5) is 0 Å². The summed E-state index contributed by atoms with van der Waals surface area (Å²) >= 11 is 0. The molecule has 9 heteroatoms. The molecule has 7 nitrogen and oxygen atoms in total. The molecule has 174 valence electrons. The number of fused-ring (bicyclic) bond motifs is 1. The van der Waals surface area contributed by atoms with Crippen LogP contribution in [0.1, 0.15) is 23.6 Å². The molecule has 0 saturated carbocycles. The minimum Gasteiger partial charge on any atom is -0.493 e. The number of ether oxygens (including phenoxy) is 2. The Balaban J connectivity index is 1.66. The maximum atomic E-state index is 13.5. The van der Waals surface area contributed by atoms with E-state index >= 15 is 0 Å². The fraction of sp³-hybridized carbons (Fsp3) is 0.478. The standard InChI is InChI=1S/C23H29NO6S2/c1-4-16-5-7-19(8-6-16)32(27,28)23-15-31(25,26)14-20(23)24-10-9-17-11-21(29-2)22(30-3)12-18(17)13-24/h5-8,11-12,20,23H,4,9-10,13-15H2,1-3H3/t20-,23-/m0/s1. The van der Waals surface area contributed by atoms with E-state index in [1.54, 1.807) is 38.5 Å². The summed E-state index contributed by atoms with van der Waals surface area (Å²) in [6.45, 7) is 3.06. The molecule has 4 rings (SSSR count). The smallest absolute Gasteiger partial charge is 0.183 e. The van der Waals surface area contributed by atoms with Crippen molar-refractivity contribution in [3.05, 3.63) is 53.1 Å². The molecule has 2 aliphatic rings. The lowest BCUT2D eigenvalue weighted by Crippen LogP contribution is -2.48. The fourth-order valence-corrected chi connectivity index (χ4v) is 9.54. The van der Waals surface area contributed by atoms with Gasteiger partial charge in [0, 0.05) is 19.1 Å². The second-order valence-electron chi connectivity index (χ2n) is 8.42. The molecule has 1 saturated heterocycles. The predicted molar refractivity (Wildman–Crippen MR) is 123 cm³/mol. The van der Waals surface area contributed by atoms with Crippen molar-refractivity contribution in [3.8, 4) is 11.5 Å². The maximum absolute atomic E-state index is 13.5. The minimum absolute atomic E-state index is 0.146. The van der Waals surface area contributed by atoms with Gasteiger partial charge in [0.05, 0.1) is 35.9 Å². The molecule has 0 radical (unpaired) electrons. The first-order chi connectivity index (χ1) is 15.2. The number of hydrogen-bond donors (Lipinski definition) is 0. The Hall–Kier alpha value is -2.10. The molecule has 0 aromatic heterocycles. The number of rotatable bonds is 6. The molecule has 2 aliphatic heterocycles. The van der Waals surface area contributed by atoms with Crippen molar-refractivity contribution >= 4 is 19.7 Å². The molecule has 2 aromatic carbocycles. The van der Waals surface area contributed by atoms with E-state index in [1.807, 2.05) is 24.0 Å². The van der Waals surface area contributed by atoms with Crippen LogP contribution in [0.15, 0.2) is 41.3 Å². The third-order valence-corrected chi connectivity index (χ3v) is 10.7. The van der Waals surface area contributed by atoms with Crippen molar-refractivity contribution in [2.45, 2.75) is 42.5 Å². The zero-order valence-corrected chi connectivity index (χ0v) is 20.2. The van der Waals surface area contributed by atoms with Gasteiger partial charge in [0.25, 0.3) is 0 Å². The van der Waals surface area contributed by atoms with Crippen molar-refractivity contribution in [2.24, 2.45) is 0 Å². The van der Waals surface area contributed by atoms with Crippen LogP contribution in [0.5, 0.6) is 11.5 Å². The Morgan fingerprint density at radius 1 is 1.00 bits per heavy atom. The Kier molecular flexibility index (Phi) is 6.26. The van der Waals surface area contributed by atoms with Crippen molar-refractivity contribution in [2.75, 3.05) is 32.3 Å². The summed E-state index contributed by atoms with van der Waals surface area (Å²) in [4.78, 5) is 2.19. The van der Waals surface area contributed by atoms with Crippen LogP contribution in [0.2, 0.25) is 0 Å². The van der Waals surface area contributed by atoms with Gasteiger partial charge in [-0.15, -0.1) is 0 Å². The average Bonchev–Trinajstić information content (AvgIpc) is 3.14. The Morgan fingerprint density at radius 3 is 2.22 bits per heavy atom. The molecule has 2 aromatic rings. The van der Waals surface area contributed by atoms with Crippen molar-refractivity contribution in [1.29, 1.82) is 0 Å². The first-order valence-corrected chi connectivity index (χ1v) is 14.1. The summed E-state index contributed by atoms with van der Waals surface area (Å²) in [5.74, 6) is 0.767. The quantitative estimate of drug-likeness (QED) is 0.628. The number of hydrogen-bond acceptors (Lipinski definition) is 7. The molecule has 2 atom stereocenters. The fourth-order valence-electron chi connectivity index (χ4n) is 4.71. The summed E-state index contributed by atoms with van der Waals surface area (Å²) in [5.41, 5.74) is 3.15. The lowest BCUT2D eigenvalue weighted by molar-refractivity contribution is 0.195. The van der Waals surface area contributed by atoms with Gasteiger partial charge in [0.15, 0.2) is 31.2 Å². The lowest BCUT2D eigenvalue weighted by atomic mass is 9.97. The summed E-state index contributed by atoms with van der Waals surface area (Å²) in [6.07, 6.45) is 1.49. The monoisotopic (exact) mass is 479 g/mol. The van der Waals surface area contributed by atoms with Gasteiger partial charge in [0.2, 0.25) is 0 Å².